The molecule has 0 bridgehead atoms. The van der Waals surface area contributed by atoms with E-state index in [1.807, 2.05) is 27.7 Å². The van der Waals surface area contributed by atoms with E-state index in [1.54, 1.807) is 0 Å². The van der Waals surface area contributed by atoms with Gasteiger partial charge in [-0.2, -0.15) is 0 Å². The smallest absolute Gasteiger partial charge is 0.0319 e. The Morgan fingerprint density at radius 3 is 1.11 bits per heavy atom. The zero-order valence-corrected chi connectivity index (χ0v) is 17.4. The van der Waals surface area contributed by atoms with Crippen molar-refractivity contribution in [2.45, 2.75) is 48.2 Å². The maximum Gasteiger partial charge on any atom is 0.0319 e. The maximum absolute atomic E-state index is 7.00. The fourth-order valence-corrected chi connectivity index (χ4v) is 2.79. The number of piperazine rings is 1. The van der Waals surface area contributed by atoms with Gasteiger partial charge in [0.2, 0.25) is 0 Å². The molecule has 0 spiro atoms. The van der Waals surface area contributed by atoms with Gasteiger partial charge in [0.05, 0.1) is 0 Å². The summed E-state index contributed by atoms with van der Waals surface area (Å²) >= 11 is 0. The van der Waals surface area contributed by atoms with Crippen molar-refractivity contribution in [1.82, 2.24) is 9.80 Å². The number of aliphatic hydroxyl groups is 1. The Morgan fingerprint density at radius 1 is 0.593 bits per heavy atom. The second-order valence-electron chi connectivity index (χ2n) is 5.52. The Kier molecular flexibility index (Phi) is 19.5. The number of hydrogen-bond donors (Lipinski definition) is 1. The van der Waals surface area contributed by atoms with E-state index < -0.39 is 0 Å². The van der Waals surface area contributed by atoms with Crippen LogP contribution in [0.4, 0.5) is 0 Å². The minimum Gasteiger partial charge on any atom is -0.400 e. The number of aliphatic hydroxyl groups excluding tert-OH is 1. The molecule has 0 aliphatic carbocycles. The molecule has 154 valence electrons. The average Bonchev–Trinajstić information content (AvgIpc) is 2.75. The zero-order chi connectivity index (χ0) is 19.6. The van der Waals surface area contributed by atoms with Crippen LogP contribution in [0.5, 0.6) is 0 Å². The Bertz CT molecular complexity index is 459. The van der Waals surface area contributed by atoms with E-state index in [4.69, 9.17) is 5.11 Å². The highest BCUT2D eigenvalue weighted by Crippen LogP contribution is 2.11. The molecule has 2 aromatic carbocycles. The lowest BCUT2D eigenvalue weighted by molar-refractivity contribution is 0.122. The lowest BCUT2D eigenvalue weighted by Gasteiger charge is -2.34. The van der Waals surface area contributed by atoms with Gasteiger partial charge in [-0.15, -0.1) is 0 Å². The van der Waals surface area contributed by atoms with Crippen LogP contribution in [0.3, 0.4) is 0 Å². The molecule has 3 rings (SSSR count). The van der Waals surface area contributed by atoms with Gasteiger partial charge < -0.3 is 5.11 Å². The summed E-state index contributed by atoms with van der Waals surface area (Å²) in [6.07, 6.45) is 0. The third-order valence-corrected chi connectivity index (χ3v) is 3.96. The molecule has 1 aliphatic rings. The Hall–Kier alpha value is -1.68. The van der Waals surface area contributed by atoms with Crippen LogP contribution in [0.2, 0.25) is 0 Å². The van der Waals surface area contributed by atoms with E-state index in [9.17, 15) is 0 Å². The molecule has 0 radical (unpaired) electrons. The summed E-state index contributed by atoms with van der Waals surface area (Å²) in [5, 5.41) is 7.00. The molecule has 0 aromatic heterocycles. The minimum atomic E-state index is 0. The van der Waals surface area contributed by atoms with E-state index in [2.05, 4.69) is 70.5 Å². The Balaban J connectivity index is 0. The first-order chi connectivity index (χ1) is 12.9. The van der Waals surface area contributed by atoms with Gasteiger partial charge in [-0.05, 0) is 11.1 Å². The average molecular weight is 375 g/mol. The van der Waals surface area contributed by atoms with Gasteiger partial charge in [-0.25, -0.2) is 0 Å². The monoisotopic (exact) mass is 374 g/mol. The minimum absolute atomic E-state index is 0. The van der Waals surface area contributed by atoms with Crippen LogP contribution in [0.15, 0.2) is 60.7 Å². The second-order valence-corrected chi connectivity index (χ2v) is 5.52. The molecule has 1 heterocycles. The van der Waals surface area contributed by atoms with Crippen molar-refractivity contribution >= 4 is 0 Å². The molecule has 1 N–H and O–H groups in total. The van der Waals surface area contributed by atoms with E-state index in [-0.39, 0.29) is 7.43 Å². The molecular formula is C24H42N2O. The van der Waals surface area contributed by atoms with Gasteiger partial charge >= 0.3 is 0 Å². The standard InChI is InChI=1S/C18H22N2.2C2H6.CH4O.CH4/c1-3-7-17(8-4-1)15-19-11-13-20(14-12-19)16-18-9-5-2-6-10-18;3*1-2;/h1-10H,11-16H2;2*1-2H3;2H,1H3;1H4. The molecule has 2 aromatic rings. The van der Waals surface area contributed by atoms with Gasteiger partial charge in [0.1, 0.15) is 0 Å². The predicted octanol–water partition coefficient (Wildman–Crippen LogP) is 5.30. The molecule has 0 atom stereocenters. The van der Waals surface area contributed by atoms with Crippen molar-refractivity contribution in [2.24, 2.45) is 0 Å². The summed E-state index contributed by atoms with van der Waals surface area (Å²) < 4.78 is 0. The lowest BCUT2D eigenvalue weighted by Crippen LogP contribution is -2.45. The first-order valence-electron chi connectivity index (χ1n) is 9.87. The molecule has 3 heteroatoms. The number of hydrogen-bond acceptors (Lipinski definition) is 3. The van der Waals surface area contributed by atoms with E-state index in [1.165, 1.54) is 37.3 Å². The van der Waals surface area contributed by atoms with Crippen LogP contribution in [0, 0.1) is 0 Å². The van der Waals surface area contributed by atoms with Gasteiger partial charge in [-0.3, -0.25) is 9.80 Å². The molecule has 0 saturated carbocycles. The van der Waals surface area contributed by atoms with Crippen LogP contribution in [-0.4, -0.2) is 48.2 Å². The first-order valence-corrected chi connectivity index (χ1v) is 9.87. The van der Waals surface area contributed by atoms with Crippen LogP contribution in [0.1, 0.15) is 46.2 Å². The number of nitrogens with zero attached hydrogens (tertiary/aromatic N) is 2. The number of rotatable bonds is 4. The molecule has 1 saturated heterocycles. The van der Waals surface area contributed by atoms with Crippen molar-refractivity contribution in [2.75, 3.05) is 33.3 Å². The van der Waals surface area contributed by atoms with Gasteiger partial charge in [0.25, 0.3) is 0 Å². The summed E-state index contributed by atoms with van der Waals surface area (Å²) in [5.74, 6) is 0. The van der Waals surface area contributed by atoms with E-state index in [0.29, 0.717) is 0 Å². The fraction of sp³-hybridized carbons (Fsp3) is 0.500. The van der Waals surface area contributed by atoms with Crippen molar-refractivity contribution in [3.8, 4) is 0 Å². The molecule has 0 amide bonds. The predicted molar refractivity (Wildman–Crippen MR) is 121 cm³/mol. The summed E-state index contributed by atoms with van der Waals surface area (Å²) in [4.78, 5) is 5.10. The highest BCUT2D eigenvalue weighted by molar-refractivity contribution is 5.15. The zero-order valence-electron chi connectivity index (χ0n) is 17.4. The summed E-state index contributed by atoms with van der Waals surface area (Å²) in [7, 11) is 1.00. The Morgan fingerprint density at radius 2 is 0.852 bits per heavy atom. The SMILES string of the molecule is C.CC.CC.CO.c1ccc(CN2CCN(Cc3ccccc3)CC2)cc1. The highest BCUT2D eigenvalue weighted by atomic mass is 16.2. The summed E-state index contributed by atoms with van der Waals surface area (Å²) in [5.41, 5.74) is 2.84. The van der Waals surface area contributed by atoms with E-state index in [0.717, 1.165) is 20.2 Å². The van der Waals surface area contributed by atoms with Crippen molar-refractivity contribution < 1.29 is 5.11 Å². The van der Waals surface area contributed by atoms with Crippen LogP contribution >= 0.6 is 0 Å². The van der Waals surface area contributed by atoms with Crippen molar-refractivity contribution in [3.63, 3.8) is 0 Å². The lowest BCUT2D eigenvalue weighted by atomic mass is 10.1. The van der Waals surface area contributed by atoms with Gasteiger partial charge in [0.15, 0.2) is 0 Å². The van der Waals surface area contributed by atoms with Gasteiger partial charge in [0, 0.05) is 46.4 Å². The first kappa shape index (κ1) is 27.5. The molecule has 1 aliphatic heterocycles. The quantitative estimate of drug-likeness (QED) is 0.786. The highest BCUT2D eigenvalue weighted by Gasteiger charge is 2.16. The summed E-state index contributed by atoms with van der Waals surface area (Å²) in [6.45, 7) is 14.8. The maximum atomic E-state index is 7.00. The largest absolute Gasteiger partial charge is 0.400 e. The van der Waals surface area contributed by atoms with E-state index >= 15 is 0 Å². The van der Waals surface area contributed by atoms with Crippen LogP contribution in [0.25, 0.3) is 0 Å². The van der Waals surface area contributed by atoms with Gasteiger partial charge in [-0.1, -0.05) is 95.8 Å². The molecule has 3 nitrogen and oxygen atoms in total. The van der Waals surface area contributed by atoms with Crippen molar-refractivity contribution in [1.29, 1.82) is 0 Å². The molecule has 27 heavy (non-hydrogen) atoms. The topological polar surface area (TPSA) is 26.7 Å². The third kappa shape index (κ3) is 11.6. The summed E-state index contributed by atoms with van der Waals surface area (Å²) in [6, 6.07) is 21.5. The molecule has 1 fully saturated rings. The molecular weight excluding hydrogens is 332 g/mol. The van der Waals surface area contributed by atoms with Crippen LogP contribution in [-0.2, 0) is 13.1 Å². The second kappa shape index (κ2) is 19.1. The third-order valence-electron chi connectivity index (χ3n) is 3.96. The number of benzene rings is 2. The fourth-order valence-electron chi connectivity index (χ4n) is 2.79. The van der Waals surface area contributed by atoms with Crippen LogP contribution < -0.4 is 0 Å². The van der Waals surface area contributed by atoms with Crippen molar-refractivity contribution in [3.05, 3.63) is 71.8 Å². The molecule has 0 unspecified atom stereocenters. The normalized spacial score (nSPS) is 13.4. The Labute approximate surface area is 168 Å².